The zero-order chi connectivity index (χ0) is 25.2. The molecular weight excluding hydrogens is 470 g/mol. The minimum atomic E-state index is -0.847. The number of thioether (sulfide) groups is 1. The van der Waals surface area contributed by atoms with Gasteiger partial charge in [-0.2, -0.15) is 11.8 Å². The van der Waals surface area contributed by atoms with E-state index in [1.165, 1.54) is 13.8 Å². The lowest BCUT2D eigenvalue weighted by molar-refractivity contribution is -0.245. The van der Waals surface area contributed by atoms with Crippen LogP contribution < -0.4 is 5.32 Å². The van der Waals surface area contributed by atoms with Gasteiger partial charge in [-0.15, -0.1) is 0 Å². The Balaban J connectivity index is 1.66. The van der Waals surface area contributed by atoms with Crippen molar-refractivity contribution >= 4 is 23.6 Å². The Hall–Kier alpha value is -2.43. The highest BCUT2D eigenvalue weighted by Crippen LogP contribution is 2.38. The molecule has 1 unspecified atom stereocenters. The van der Waals surface area contributed by atoms with Gasteiger partial charge in [0.15, 0.2) is 12.4 Å². The molecule has 1 heterocycles. The molecule has 0 spiro atoms. The van der Waals surface area contributed by atoms with Crippen molar-refractivity contribution in [2.45, 2.75) is 58.0 Å². The van der Waals surface area contributed by atoms with Crippen molar-refractivity contribution in [3.8, 4) is 0 Å². The fraction of sp³-hybridized carbons (Fsp3) is 0.462. The summed E-state index contributed by atoms with van der Waals surface area (Å²) in [5.74, 6) is 0.537. The maximum atomic E-state index is 12.1. The summed E-state index contributed by atoms with van der Waals surface area (Å²) in [6.45, 7) is 3.22. The smallest absolute Gasteiger partial charge is 0.303 e. The summed E-state index contributed by atoms with van der Waals surface area (Å²) in [5.41, 5.74) is 3.62. The molecule has 3 rings (SSSR count). The van der Waals surface area contributed by atoms with Gasteiger partial charge in [0.1, 0.15) is 0 Å². The molecule has 2 aromatic carbocycles. The number of carbonyl (C=O) groups excluding carboxylic acids is 2. The molecule has 0 aliphatic carbocycles. The van der Waals surface area contributed by atoms with Crippen molar-refractivity contribution in [3.63, 3.8) is 0 Å². The van der Waals surface area contributed by atoms with E-state index in [9.17, 15) is 14.7 Å². The Morgan fingerprint density at radius 3 is 2.34 bits per heavy atom. The summed E-state index contributed by atoms with van der Waals surface area (Å²) in [6.07, 6.45) is -0.922. The molecule has 4 atom stereocenters. The zero-order valence-electron chi connectivity index (χ0n) is 20.0. The summed E-state index contributed by atoms with van der Waals surface area (Å²) < 4.78 is 17.4. The molecule has 1 aliphatic rings. The summed E-state index contributed by atoms with van der Waals surface area (Å²) in [6, 6.07) is 15.3. The highest BCUT2D eigenvalue weighted by Gasteiger charge is 2.32. The molecule has 0 radical (unpaired) electrons. The quantitative estimate of drug-likeness (QED) is 0.317. The molecule has 9 heteroatoms. The van der Waals surface area contributed by atoms with Crippen molar-refractivity contribution < 1.29 is 34.0 Å². The average molecular weight is 504 g/mol. The Labute approximate surface area is 210 Å². The van der Waals surface area contributed by atoms with E-state index in [0.29, 0.717) is 18.7 Å². The standard InChI is InChI=1S/C26H33NO7S/c1-17(32-18(2)30)25(31)27-14-19-3-9-22(10-4-19)26-33-23(16-35-12-11-28)13-24(34-26)21-7-5-20(15-29)6-8-21/h3-10,17,23-24,26,28-29H,11-16H2,1-2H3,(H,27,31)/t17-,23-,24+,26?/m0/s1. The Bertz CT molecular complexity index is 951. The molecular formula is C26H33NO7S. The molecule has 8 nitrogen and oxygen atoms in total. The predicted molar refractivity (Wildman–Crippen MR) is 132 cm³/mol. The van der Waals surface area contributed by atoms with Crippen LogP contribution in [0.1, 0.15) is 54.9 Å². The van der Waals surface area contributed by atoms with E-state index in [1.54, 1.807) is 11.8 Å². The minimum Gasteiger partial charge on any atom is -0.453 e. The number of nitrogens with one attached hydrogen (secondary N) is 1. The van der Waals surface area contributed by atoms with Crippen molar-refractivity contribution in [1.82, 2.24) is 5.32 Å². The normalized spacial score (nSPS) is 20.7. The Kier molecular flexibility index (Phi) is 10.6. The van der Waals surface area contributed by atoms with Crippen molar-refractivity contribution in [1.29, 1.82) is 0 Å². The van der Waals surface area contributed by atoms with Crippen LogP contribution in [-0.2, 0) is 37.0 Å². The molecule has 0 bridgehead atoms. The zero-order valence-corrected chi connectivity index (χ0v) is 20.8. The second kappa shape index (κ2) is 13.6. The van der Waals surface area contributed by atoms with Crippen LogP contribution in [0.15, 0.2) is 48.5 Å². The van der Waals surface area contributed by atoms with Crippen LogP contribution in [0.25, 0.3) is 0 Å². The van der Waals surface area contributed by atoms with Crippen LogP contribution in [-0.4, -0.2) is 52.4 Å². The van der Waals surface area contributed by atoms with Gasteiger partial charge in [0.05, 0.1) is 25.4 Å². The first-order chi connectivity index (χ1) is 16.9. The number of benzene rings is 2. The maximum Gasteiger partial charge on any atom is 0.303 e. The second-order valence-electron chi connectivity index (χ2n) is 8.36. The number of aliphatic hydroxyl groups is 2. The number of hydrogen-bond acceptors (Lipinski definition) is 8. The number of hydrogen-bond donors (Lipinski definition) is 3. The van der Waals surface area contributed by atoms with Gasteiger partial charge < -0.3 is 29.7 Å². The highest BCUT2D eigenvalue weighted by molar-refractivity contribution is 7.99. The maximum absolute atomic E-state index is 12.1. The molecule has 2 aromatic rings. The molecule has 0 saturated carbocycles. The van der Waals surface area contributed by atoms with Crippen LogP contribution in [0.4, 0.5) is 0 Å². The number of rotatable bonds is 11. The molecule has 0 aromatic heterocycles. The number of carbonyl (C=O) groups is 2. The van der Waals surface area contributed by atoms with E-state index in [2.05, 4.69) is 5.32 Å². The van der Waals surface area contributed by atoms with Crippen LogP contribution in [0.5, 0.6) is 0 Å². The van der Waals surface area contributed by atoms with Gasteiger partial charge in [-0.25, -0.2) is 0 Å². The molecule has 3 N–H and O–H groups in total. The first-order valence-electron chi connectivity index (χ1n) is 11.6. The third-order valence-corrected chi connectivity index (χ3v) is 6.66. The van der Waals surface area contributed by atoms with Crippen LogP contribution in [0.2, 0.25) is 0 Å². The summed E-state index contributed by atoms with van der Waals surface area (Å²) >= 11 is 1.64. The number of esters is 1. The van der Waals surface area contributed by atoms with Gasteiger partial charge in [0.2, 0.25) is 0 Å². The third kappa shape index (κ3) is 8.33. The largest absolute Gasteiger partial charge is 0.453 e. The fourth-order valence-corrected chi connectivity index (χ4v) is 4.50. The first kappa shape index (κ1) is 27.2. The Morgan fingerprint density at radius 1 is 1.06 bits per heavy atom. The lowest BCUT2D eigenvalue weighted by Crippen LogP contribution is -2.35. The molecule has 1 aliphatic heterocycles. The third-order valence-electron chi connectivity index (χ3n) is 5.58. The van der Waals surface area contributed by atoms with E-state index in [1.807, 2.05) is 48.5 Å². The van der Waals surface area contributed by atoms with Gasteiger partial charge in [0.25, 0.3) is 5.91 Å². The van der Waals surface area contributed by atoms with Gasteiger partial charge >= 0.3 is 5.97 Å². The van der Waals surface area contributed by atoms with E-state index < -0.39 is 18.4 Å². The van der Waals surface area contributed by atoms with E-state index in [4.69, 9.17) is 19.3 Å². The van der Waals surface area contributed by atoms with Gasteiger partial charge in [-0.05, 0) is 23.6 Å². The summed E-state index contributed by atoms with van der Waals surface area (Å²) in [7, 11) is 0. The van der Waals surface area contributed by atoms with Crippen LogP contribution in [0.3, 0.4) is 0 Å². The van der Waals surface area contributed by atoms with Gasteiger partial charge in [0, 0.05) is 37.0 Å². The average Bonchev–Trinajstić information content (AvgIpc) is 2.87. The number of amides is 1. The molecule has 1 amide bonds. The van der Waals surface area contributed by atoms with Crippen molar-refractivity contribution in [3.05, 3.63) is 70.8 Å². The lowest BCUT2D eigenvalue weighted by atomic mass is 10.0. The summed E-state index contributed by atoms with van der Waals surface area (Å²) in [4.78, 5) is 23.1. The number of aliphatic hydroxyl groups excluding tert-OH is 2. The molecule has 190 valence electrons. The fourth-order valence-electron chi connectivity index (χ4n) is 3.73. The second-order valence-corrected chi connectivity index (χ2v) is 9.51. The van der Waals surface area contributed by atoms with E-state index >= 15 is 0 Å². The predicted octanol–water partition coefficient (Wildman–Crippen LogP) is 3.02. The summed E-state index contributed by atoms with van der Waals surface area (Å²) in [5, 5.41) is 21.2. The van der Waals surface area contributed by atoms with Crippen LogP contribution >= 0.6 is 11.8 Å². The molecule has 1 fully saturated rings. The van der Waals surface area contributed by atoms with E-state index in [0.717, 1.165) is 28.0 Å². The number of ether oxygens (including phenoxy) is 3. The van der Waals surface area contributed by atoms with Crippen molar-refractivity contribution in [2.75, 3.05) is 18.1 Å². The minimum absolute atomic E-state index is 0.00652. The van der Waals surface area contributed by atoms with Crippen molar-refractivity contribution in [2.24, 2.45) is 0 Å². The lowest BCUT2D eigenvalue weighted by Gasteiger charge is -2.36. The SMILES string of the molecule is CC(=O)O[C@@H](C)C(=O)NCc1ccc(C2O[C@H](CSCCO)C[C@H](c3ccc(CO)cc3)O2)cc1. The molecule has 1 saturated heterocycles. The Morgan fingerprint density at radius 2 is 1.71 bits per heavy atom. The van der Waals surface area contributed by atoms with Crippen LogP contribution in [0, 0.1) is 0 Å². The monoisotopic (exact) mass is 503 g/mol. The highest BCUT2D eigenvalue weighted by atomic mass is 32.2. The van der Waals surface area contributed by atoms with E-state index in [-0.39, 0.29) is 31.3 Å². The molecule has 35 heavy (non-hydrogen) atoms. The first-order valence-corrected chi connectivity index (χ1v) is 12.8. The topological polar surface area (TPSA) is 114 Å². The van der Waals surface area contributed by atoms with Gasteiger partial charge in [-0.1, -0.05) is 48.5 Å². The van der Waals surface area contributed by atoms with Gasteiger partial charge in [-0.3, -0.25) is 9.59 Å².